The molecule has 0 aliphatic heterocycles. The van der Waals surface area contributed by atoms with E-state index < -0.39 is 5.82 Å². The lowest BCUT2D eigenvalue weighted by Gasteiger charge is -2.12. The Morgan fingerprint density at radius 1 is 1.23 bits per heavy atom. The number of hydrogen-bond acceptors (Lipinski definition) is 3. The highest BCUT2D eigenvalue weighted by Gasteiger charge is 2.08. The van der Waals surface area contributed by atoms with Crippen molar-refractivity contribution in [3.05, 3.63) is 24.0 Å². The number of ether oxygens (including phenoxy) is 2. The second-order valence-electron chi connectivity index (χ2n) is 4.77. The molecule has 2 N–H and O–H groups in total. The highest BCUT2D eigenvalue weighted by atomic mass is 19.1. The quantitative estimate of drug-likeness (QED) is 0.650. The summed E-state index contributed by atoms with van der Waals surface area (Å²) in [6, 6.07) is 3.66. The number of carbonyl (C=O) groups is 1. The second-order valence-corrected chi connectivity index (χ2v) is 4.77. The lowest BCUT2D eigenvalue weighted by Crippen LogP contribution is -2.30. The van der Waals surface area contributed by atoms with Crippen LogP contribution in [0, 0.1) is 5.82 Å². The maximum atomic E-state index is 13.2. The normalized spacial score (nSPS) is 10.3. The van der Waals surface area contributed by atoms with Crippen molar-refractivity contribution in [2.24, 2.45) is 0 Å². The van der Waals surface area contributed by atoms with E-state index in [-0.39, 0.29) is 6.03 Å². The molecular formula is C16H25FN2O3. The summed E-state index contributed by atoms with van der Waals surface area (Å²) in [5.74, 6) is -0.0841. The number of urea groups is 1. The molecule has 0 radical (unpaired) electrons. The number of hydrogen-bond donors (Lipinski definition) is 2. The van der Waals surface area contributed by atoms with Crippen molar-refractivity contribution in [1.82, 2.24) is 5.32 Å². The van der Waals surface area contributed by atoms with Gasteiger partial charge in [0, 0.05) is 25.8 Å². The van der Waals surface area contributed by atoms with Gasteiger partial charge in [-0.1, -0.05) is 13.3 Å². The zero-order chi connectivity index (χ0) is 16.2. The summed E-state index contributed by atoms with van der Waals surface area (Å²) in [5.41, 5.74) is 0.444. The van der Waals surface area contributed by atoms with Crippen molar-refractivity contribution in [2.75, 3.05) is 31.7 Å². The van der Waals surface area contributed by atoms with Gasteiger partial charge in [-0.05, 0) is 31.9 Å². The number of carbonyl (C=O) groups excluding carboxylic acids is 1. The van der Waals surface area contributed by atoms with Crippen LogP contribution in [0.15, 0.2) is 18.2 Å². The number of halogens is 1. The average Bonchev–Trinajstić information content (AvgIpc) is 2.49. The molecule has 0 heterocycles. The van der Waals surface area contributed by atoms with Crippen LogP contribution < -0.4 is 15.4 Å². The van der Waals surface area contributed by atoms with Crippen molar-refractivity contribution in [3.8, 4) is 5.75 Å². The number of benzene rings is 1. The molecule has 1 aromatic rings. The molecular weight excluding hydrogens is 287 g/mol. The van der Waals surface area contributed by atoms with Gasteiger partial charge in [0.25, 0.3) is 0 Å². The fraction of sp³-hybridized carbons (Fsp3) is 0.562. The summed E-state index contributed by atoms with van der Waals surface area (Å²) in [4.78, 5) is 11.8. The molecule has 6 heteroatoms. The summed E-state index contributed by atoms with van der Waals surface area (Å²) in [6.07, 6.45) is 2.91. The van der Waals surface area contributed by atoms with Crippen molar-refractivity contribution in [3.63, 3.8) is 0 Å². The highest BCUT2D eigenvalue weighted by molar-refractivity contribution is 5.90. The molecule has 0 fully saturated rings. The smallest absolute Gasteiger partial charge is 0.319 e. The van der Waals surface area contributed by atoms with Crippen molar-refractivity contribution < 1.29 is 18.7 Å². The monoisotopic (exact) mass is 312 g/mol. The third-order valence-electron chi connectivity index (χ3n) is 2.88. The van der Waals surface area contributed by atoms with E-state index in [2.05, 4.69) is 17.6 Å². The minimum absolute atomic E-state index is 0.320. The summed E-state index contributed by atoms with van der Waals surface area (Å²) in [7, 11) is 0. The van der Waals surface area contributed by atoms with Crippen molar-refractivity contribution in [2.45, 2.75) is 33.1 Å². The van der Waals surface area contributed by atoms with E-state index in [0.29, 0.717) is 31.2 Å². The third-order valence-corrected chi connectivity index (χ3v) is 2.88. The first-order valence-electron chi connectivity index (χ1n) is 7.72. The molecule has 124 valence electrons. The summed E-state index contributed by atoms with van der Waals surface area (Å²) < 4.78 is 23.9. The topological polar surface area (TPSA) is 59.6 Å². The summed E-state index contributed by atoms with van der Waals surface area (Å²) in [6.45, 7) is 6.21. The predicted octanol–water partition coefficient (Wildman–Crippen LogP) is 3.55. The van der Waals surface area contributed by atoms with Crippen LogP contribution in [0.2, 0.25) is 0 Å². The Labute approximate surface area is 131 Å². The fourth-order valence-electron chi connectivity index (χ4n) is 1.77. The fourth-order valence-corrected chi connectivity index (χ4v) is 1.77. The van der Waals surface area contributed by atoms with E-state index in [1.54, 1.807) is 6.92 Å². The second kappa shape index (κ2) is 10.8. The summed E-state index contributed by atoms with van der Waals surface area (Å²) in [5, 5.41) is 5.38. The Kier molecular flexibility index (Phi) is 8.98. The van der Waals surface area contributed by atoms with E-state index in [9.17, 15) is 9.18 Å². The lowest BCUT2D eigenvalue weighted by molar-refractivity contribution is 0.129. The highest BCUT2D eigenvalue weighted by Crippen LogP contribution is 2.25. The van der Waals surface area contributed by atoms with Crippen LogP contribution in [0.4, 0.5) is 14.9 Å². The Hall–Kier alpha value is -1.82. The molecule has 0 saturated heterocycles. The van der Waals surface area contributed by atoms with E-state index in [0.717, 1.165) is 25.9 Å². The zero-order valence-electron chi connectivity index (χ0n) is 13.3. The molecule has 0 saturated carbocycles. The Bertz CT molecular complexity index is 455. The number of rotatable bonds is 10. The standard InChI is InChI=1S/C16H25FN2O3/c1-3-5-10-21-11-6-9-18-16(20)19-14-8-7-13(17)12-15(14)22-4-2/h7-8,12H,3-6,9-11H2,1-2H3,(H2,18,19,20). The van der Waals surface area contributed by atoms with Gasteiger partial charge < -0.3 is 20.1 Å². The van der Waals surface area contributed by atoms with Gasteiger partial charge in [0.15, 0.2) is 0 Å². The molecule has 0 unspecified atom stereocenters. The first kappa shape index (κ1) is 18.2. The van der Waals surface area contributed by atoms with E-state index in [4.69, 9.17) is 9.47 Å². The van der Waals surface area contributed by atoms with Crippen molar-refractivity contribution in [1.29, 1.82) is 0 Å². The SMILES string of the molecule is CCCCOCCCNC(=O)Nc1ccc(F)cc1OCC. The minimum Gasteiger partial charge on any atom is -0.492 e. The van der Waals surface area contributed by atoms with E-state index in [1.165, 1.54) is 18.2 Å². The first-order chi connectivity index (χ1) is 10.7. The molecule has 0 spiro atoms. The van der Waals surface area contributed by atoms with Crippen LogP contribution in [0.5, 0.6) is 5.75 Å². The molecule has 0 bridgehead atoms. The zero-order valence-corrected chi connectivity index (χ0v) is 13.3. The maximum absolute atomic E-state index is 13.2. The number of unbranched alkanes of at least 4 members (excludes halogenated alkanes) is 1. The third kappa shape index (κ3) is 7.26. The number of anilines is 1. The number of amides is 2. The van der Waals surface area contributed by atoms with Crippen LogP contribution in [0.25, 0.3) is 0 Å². The van der Waals surface area contributed by atoms with Gasteiger partial charge in [-0.2, -0.15) is 0 Å². The van der Waals surface area contributed by atoms with Crippen LogP contribution in [0.3, 0.4) is 0 Å². The van der Waals surface area contributed by atoms with E-state index >= 15 is 0 Å². The Balaban J connectivity index is 2.30. The van der Waals surface area contributed by atoms with Crippen molar-refractivity contribution >= 4 is 11.7 Å². The molecule has 0 aliphatic rings. The molecule has 2 amide bonds. The molecule has 1 rings (SSSR count). The maximum Gasteiger partial charge on any atom is 0.319 e. The van der Waals surface area contributed by atoms with Crippen LogP contribution in [-0.2, 0) is 4.74 Å². The molecule has 0 aliphatic carbocycles. The average molecular weight is 312 g/mol. The van der Waals surface area contributed by atoms with Gasteiger partial charge >= 0.3 is 6.03 Å². The van der Waals surface area contributed by atoms with Crippen LogP contribution >= 0.6 is 0 Å². The van der Waals surface area contributed by atoms with Gasteiger partial charge in [-0.25, -0.2) is 9.18 Å². The molecule has 22 heavy (non-hydrogen) atoms. The van der Waals surface area contributed by atoms with Gasteiger partial charge in [0.05, 0.1) is 12.3 Å². The number of nitrogens with one attached hydrogen (secondary N) is 2. The molecule has 1 aromatic carbocycles. The van der Waals surface area contributed by atoms with Gasteiger partial charge in [0.2, 0.25) is 0 Å². The lowest BCUT2D eigenvalue weighted by atomic mass is 10.3. The Morgan fingerprint density at radius 3 is 2.73 bits per heavy atom. The predicted molar refractivity (Wildman–Crippen MR) is 84.9 cm³/mol. The van der Waals surface area contributed by atoms with E-state index in [1.807, 2.05) is 0 Å². The van der Waals surface area contributed by atoms with Gasteiger partial charge in [0.1, 0.15) is 11.6 Å². The largest absolute Gasteiger partial charge is 0.492 e. The van der Waals surface area contributed by atoms with Crippen LogP contribution in [-0.4, -0.2) is 32.4 Å². The Morgan fingerprint density at radius 2 is 2.00 bits per heavy atom. The van der Waals surface area contributed by atoms with Crippen LogP contribution in [0.1, 0.15) is 33.1 Å². The minimum atomic E-state index is -0.404. The summed E-state index contributed by atoms with van der Waals surface area (Å²) >= 11 is 0. The molecule has 0 aromatic heterocycles. The molecule has 0 atom stereocenters. The van der Waals surface area contributed by atoms with Gasteiger partial charge in [-0.3, -0.25) is 0 Å². The molecule has 5 nitrogen and oxygen atoms in total. The van der Waals surface area contributed by atoms with Gasteiger partial charge in [-0.15, -0.1) is 0 Å². The first-order valence-corrected chi connectivity index (χ1v) is 7.72.